The number of aliphatic imine (C=N–C) groups is 1. The van der Waals surface area contributed by atoms with Crippen molar-refractivity contribution in [3.8, 4) is 5.75 Å². The molecule has 0 bridgehead atoms. The lowest BCUT2D eigenvalue weighted by Gasteiger charge is -2.22. The minimum absolute atomic E-state index is 0.0447. The number of para-hydroxylation sites is 2. The summed E-state index contributed by atoms with van der Waals surface area (Å²) in [6.07, 6.45) is 2.83. The molecule has 28 heavy (non-hydrogen) atoms. The number of guanidine groups is 1. The van der Waals surface area contributed by atoms with Crippen LogP contribution < -0.4 is 20.3 Å². The maximum Gasteiger partial charge on any atom is 0.213 e. The van der Waals surface area contributed by atoms with Crippen LogP contribution in [0.1, 0.15) is 38.8 Å². The normalized spacial score (nSPS) is 17.7. The second kappa shape index (κ2) is 8.54. The molecule has 1 fully saturated rings. The van der Waals surface area contributed by atoms with Gasteiger partial charge in [-0.15, -0.1) is 0 Å². The van der Waals surface area contributed by atoms with Gasteiger partial charge in [0.2, 0.25) is 5.89 Å². The predicted octanol–water partition coefficient (Wildman–Crippen LogP) is 2.92. The summed E-state index contributed by atoms with van der Waals surface area (Å²) in [5.74, 6) is 3.21. The predicted molar refractivity (Wildman–Crippen MR) is 112 cm³/mol. The minimum Gasteiger partial charge on any atom is -0.495 e. The van der Waals surface area contributed by atoms with Crippen molar-refractivity contribution in [3.05, 3.63) is 42.1 Å². The van der Waals surface area contributed by atoms with Gasteiger partial charge in [-0.1, -0.05) is 32.9 Å². The third kappa shape index (κ3) is 4.77. The third-order valence-electron chi connectivity index (χ3n) is 4.88. The smallest absolute Gasteiger partial charge is 0.213 e. The zero-order valence-corrected chi connectivity index (χ0v) is 17.5. The number of rotatable bonds is 5. The molecular weight excluding hydrogens is 354 g/mol. The molecule has 7 nitrogen and oxygen atoms in total. The van der Waals surface area contributed by atoms with E-state index < -0.39 is 0 Å². The Balaban J connectivity index is 1.54. The number of anilines is 1. The summed E-state index contributed by atoms with van der Waals surface area (Å²) in [5.41, 5.74) is 1.09. The minimum atomic E-state index is -0.0447. The largest absolute Gasteiger partial charge is 0.495 e. The molecule has 1 unspecified atom stereocenters. The Morgan fingerprint density at radius 1 is 1.36 bits per heavy atom. The van der Waals surface area contributed by atoms with Crippen molar-refractivity contribution in [2.75, 3.05) is 32.1 Å². The number of nitrogens with zero attached hydrogens (tertiary/aromatic N) is 3. The van der Waals surface area contributed by atoms with Crippen LogP contribution >= 0.6 is 0 Å². The average molecular weight is 386 g/mol. The van der Waals surface area contributed by atoms with Gasteiger partial charge in [-0.05, 0) is 18.6 Å². The summed E-state index contributed by atoms with van der Waals surface area (Å²) in [7, 11) is 3.49. The summed E-state index contributed by atoms with van der Waals surface area (Å²) < 4.78 is 11.3. The van der Waals surface area contributed by atoms with Gasteiger partial charge >= 0.3 is 0 Å². The Kier molecular flexibility index (Phi) is 6.11. The fourth-order valence-corrected chi connectivity index (χ4v) is 3.27. The first-order valence-electron chi connectivity index (χ1n) is 9.71. The maximum absolute atomic E-state index is 5.83. The second-order valence-corrected chi connectivity index (χ2v) is 8.04. The molecule has 0 saturated carbocycles. The summed E-state index contributed by atoms with van der Waals surface area (Å²) in [4.78, 5) is 11.0. The average Bonchev–Trinajstić information content (AvgIpc) is 3.34. The Morgan fingerprint density at radius 2 is 2.14 bits per heavy atom. The van der Waals surface area contributed by atoms with Crippen LogP contribution in [0.25, 0.3) is 0 Å². The van der Waals surface area contributed by atoms with E-state index in [1.54, 1.807) is 20.4 Å². The van der Waals surface area contributed by atoms with Gasteiger partial charge in [0, 0.05) is 31.6 Å². The molecule has 0 spiro atoms. The molecule has 1 saturated heterocycles. The lowest BCUT2D eigenvalue weighted by molar-refractivity contribution is 0.379. The molecule has 1 atom stereocenters. The van der Waals surface area contributed by atoms with Crippen molar-refractivity contribution in [2.24, 2.45) is 4.99 Å². The molecule has 2 N–H and O–H groups in total. The number of methoxy groups -OCH3 is 1. The summed E-state index contributed by atoms with van der Waals surface area (Å²) >= 11 is 0. The second-order valence-electron chi connectivity index (χ2n) is 8.04. The van der Waals surface area contributed by atoms with Crippen LogP contribution in [-0.4, -0.2) is 44.2 Å². The standard InChI is InChI=1S/C21H31N5O2/c1-21(2,3)18-12-23-19(28-18)13-24-20(22-4)25-15-10-11-26(14-15)16-8-6-7-9-17(16)27-5/h6-9,12,15H,10-11,13-14H2,1-5H3,(H2,22,24,25). The fraction of sp³-hybridized carbons (Fsp3) is 0.524. The Bertz CT molecular complexity index is 809. The first-order chi connectivity index (χ1) is 13.4. The van der Waals surface area contributed by atoms with E-state index in [0.717, 1.165) is 42.7 Å². The highest BCUT2D eigenvalue weighted by Crippen LogP contribution is 2.30. The van der Waals surface area contributed by atoms with E-state index in [-0.39, 0.29) is 5.41 Å². The molecule has 1 aliphatic rings. The van der Waals surface area contributed by atoms with Gasteiger partial charge in [0.1, 0.15) is 11.5 Å². The SMILES string of the molecule is CN=C(NCc1ncc(C(C)(C)C)o1)NC1CCN(c2ccccc2OC)C1. The monoisotopic (exact) mass is 385 g/mol. The highest BCUT2D eigenvalue weighted by atomic mass is 16.5. The zero-order chi connectivity index (χ0) is 20.1. The van der Waals surface area contributed by atoms with Crippen molar-refractivity contribution in [2.45, 2.75) is 45.2 Å². The summed E-state index contributed by atoms with van der Waals surface area (Å²) in [6.45, 7) is 8.70. The van der Waals surface area contributed by atoms with E-state index in [2.05, 4.69) is 52.3 Å². The third-order valence-corrected chi connectivity index (χ3v) is 4.88. The van der Waals surface area contributed by atoms with Crippen molar-refractivity contribution in [1.29, 1.82) is 0 Å². The molecule has 0 amide bonds. The van der Waals surface area contributed by atoms with E-state index in [0.29, 0.717) is 18.5 Å². The molecule has 7 heteroatoms. The number of hydrogen-bond donors (Lipinski definition) is 2. The highest BCUT2D eigenvalue weighted by Gasteiger charge is 2.25. The van der Waals surface area contributed by atoms with Crippen molar-refractivity contribution in [1.82, 2.24) is 15.6 Å². The molecular formula is C21H31N5O2. The number of oxazole rings is 1. The molecule has 1 aromatic heterocycles. The lowest BCUT2D eigenvalue weighted by atomic mass is 9.94. The van der Waals surface area contributed by atoms with Gasteiger partial charge in [0.05, 0.1) is 25.5 Å². The fourth-order valence-electron chi connectivity index (χ4n) is 3.27. The Hall–Kier alpha value is -2.70. The van der Waals surface area contributed by atoms with Crippen LogP contribution in [-0.2, 0) is 12.0 Å². The van der Waals surface area contributed by atoms with Gasteiger partial charge in [-0.25, -0.2) is 4.98 Å². The first-order valence-corrected chi connectivity index (χ1v) is 9.71. The number of ether oxygens (including phenoxy) is 1. The number of aromatic nitrogens is 1. The quantitative estimate of drug-likeness (QED) is 0.609. The van der Waals surface area contributed by atoms with Crippen LogP contribution in [0.15, 0.2) is 39.9 Å². The summed E-state index contributed by atoms with van der Waals surface area (Å²) in [5, 5.41) is 6.79. The summed E-state index contributed by atoms with van der Waals surface area (Å²) in [6, 6.07) is 8.45. The molecule has 1 aromatic carbocycles. The van der Waals surface area contributed by atoms with Crippen molar-refractivity contribution < 1.29 is 9.15 Å². The molecule has 2 heterocycles. The topological polar surface area (TPSA) is 74.9 Å². The zero-order valence-electron chi connectivity index (χ0n) is 17.5. The molecule has 0 aliphatic carbocycles. The van der Waals surface area contributed by atoms with Crippen molar-refractivity contribution >= 4 is 11.6 Å². The van der Waals surface area contributed by atoms with Gasteiger partial charge < -0.3 is 24.7 Å². The molecule has 3 rings (SSSR count). The van der Waals surface area contributed by atoms with Gasteiger partial charge in [-0.3, -0.25) is 4.99 Å². The van der Waals surface area contributed by atoms with E-state index in [1.807, 2.05) is 18.2 Å². The van der Waals surface area contributed by atoms with E-state index in [1.165, 1.54) is 0 Å². The van der Waals surface area contributed by atoms with Crippen LogP contribution in [0, 0.1) is 0 Å². The molecule has 0 radical (unpaired) electrons. The Labute approximate surface area is 167 Å². The van der Waals surface area contributed by atoms with Crippen LogP contribution in [0.5, 0.6) is 5.75 Å². The number of nitrogens with one attached hydrogen (secondary N) is 2. The molecule has 2 aromatic rings. The van der Waals surface area contributed by atoms with E-state index in [9.17, 15) is 0 Å². The lowest BCUT2D eigenvalue weighted by Crippen LogP contribution is -2.44. The van der Waals surface area contributed by atoms with Crippen LogP contribution in [0.3, 0.4) is 0 Å². The highest BCUT2D eigenvalue weighted by molar-refractivity contribution is 5.80. The van der Waals surface area contributed by atoms with Gasteiger partial charge in [0.25, 0.3) is 0 Å². The van der Waals surface area contributed by atoms with Crippen LogP contribution in [0.2, 0.25) is 0 Å². The number of benzene rings is 1. The molecule has 152 valence electrons. The van der Waals surface area contributed by atoms with E-state index in [4.69, 9.17) is 9.15 Å². The first kappa shape index (κ1) is 20.0. The van der Waals surface area contributed by atoms with Gasteiger partial charge in [-0.2, -0.15) is 0 Å². The van der Waals surface area contributed by atoms with Crippen LogP contribution in [0.4, 0.5) is 5.69 Å². The Morgan fingerprint density at radius 3 is 2.82 bits per heavy atom. The maximum atomic E-state index is 5.83. The van der Waals surface area contributed by atoms with E-state index >= 15 is 0 Å². The number of hydrogen-bond acceptors (Lipinski definition) is 5. The molecule has 1 aliphatic heterocycles. The van der Waals surface area contributed by atoms with Gasteiger partial charge in [0.15, 0.2) is 5.96 Å². The van der Waals surface area contributed by atoms with Crippen molar-refractivity contribution in [3.63, 3.8) is 0 Å².